The van der Waals surface area contributed by atoms with E-state index in [1.165, 1.54) is 11.2 Å². The van der Waals surface area contributed by atoms with Gasteiger partial charge >= 0.3 is 6.09 Å². The Morgan fingerprint density at radius 1 is 1.21 bits per heavy atom. The van der Waals surface area contributed by atoms with E-state index in [1.54, 1.807) is 0 Å². The Balaban J connectivity index is 1.38. The molecule has 2 amide bonds. The molecule has 4 heterocycles. The predicted octanol–water partition coefficient (Wildman–Crippen LogP) is 4.35. The first-order valence-corrected chi connectivity index (χ1v) is 13.3. The van der Waals surface area contributed by atoms with E-state index in [0.717, 1.165) is 12.8 Å². The van der Waals surface area contributed by atoms with Gasteiger partial charge in [-0.05, 0) is 49.7 Å². The van der Waals surface area contributed by atoms with Crippen LogP contribution in [0.4, 0.5) is 4.79 Å². The lowest BCUT2D eigenvalue weighted by Crippen LogP contribution is -2.52. The summed E-state index contributed by atoms with van der Waals surface area (Å²) in [7, 11) is 0. The number of likely N-dealkylation sites (tertiary alicyclic amines) is 1. The van der Waals surface area contributed by atoms with Crippen LogP contribution in [0.15, 0.2) is 18.5 Å². The van der Waals surface area contributed by atoms with Gasteiger partial charge in [-0.25, -0.2) is 14.8 Å². The molecule has 39 heavy (non-hydrogen) atoms. The standard InChI is InChI=1S/C28H33N5O6/c1-14-19(26(34)32-16-9-10-33(27(35)36)25(16)28(2,3)4)21-23(31-14)22(30-12-29-21)20-17(37-11-15-5-6-15)7-8-18-24(20)39-13-38-18/h7-8,12,15-16,25,31H,5-6,9-11,13H2,1-4H3,(H,32,34)(H,35,36)/t16-,25?/m1/s1. The molecule has 3 aliphatic rings. The summed E-state index contributed by atoms with van der Waals surface area (Å²) in [4.78, 5) is 39.4. The fourth-order valence-corrected chi connectivity index (χ4v) is 5.85. The number of rotatable bonds is 6. The number of carbonyl (C=O) groups is 2. The first kappa shape index (κ1) is 25.3. The quantitative estimate of drug-likeness (QED) is 0.424. The monoisotopic (exact) mass is 535 g/mol. The Hall–Kier alpha value is -4.02. The Labute approximate surface area is 225 Å². The number of hydrogen-bond acceptors (Lipinski definition) is 7. The molecule has 6 rings (SSSR count). The second-order valence-corrected chi connectivity index (χ2v) is 11.7. The highest BCUT2D eigenvalue weighted by Gasteiger charge is 2.45. The number of fused-ring (bicyclic) bond motifs is 2. The van der Waals surface area contributed by atoms with Crippen LogP contribution in [0.3, 0.4) is 0 Å². The fourth-order valence-electron chi connectivity index (χ4n) is 5.85. The van der Waals surface area contributed by atoms with Crippen molar-refractivity contribution in [3.8, 4) is 28.5 Å². The summed E-state index contributed by atoms with van der Waals surface area (Å²) < 4.78 is 17.7. The van der Waals surface area contributed by atoms with Gasteiger partial charge in [0.1, 0.15) is 23.3 Å². The van der Waals surface area contributed by atoms with E-state index in [1.807, 2.05) is 39.8 Å². The van der Waals surface area contributed by atoms with Crippen LogP contribution in [0.1, 0.15) is 56.1 Å². The molecule has 3 N–H and O–H groups in total. The third-order valence-electron chi connectivity index (χ3n) is 7.76. The topological polar surface area (TPSA) is 139 Å². The number of nitrogens with zero attached hydrogens (tertiary/aromatic N) is 3. The number of aryl methyl sites for hydroxylation is 1. The van der Waals surface area contributed by atoms with Crippen LogP contribution in [0, 0.1) is 18.3 Å². The van der Waals surface area contributed by atoms with E-state index >= 15 is 0 Å². The number of aromatic amines is 1. The Morgan fingerprint density at radius 3 is 2.72 bits per heavy atom. The molecule has 3 aromatic rings. The maximum absolute atomic E-state index is 13.7. The number of aromatic nitrogens is 3. The van der Waals surface area contributed by atoms with Gasteiger partial charge in [0.2, 0.25) is 6.79 Å². The number of H-pyrrole nitrogens is 1. The lowest BCUT2D eigenvalue weighted by Gasteiger charge is -2.37. The molecule has 206 valence electrons. The van der Waals surface area contributed by atoms with Gasteiger partial charge in [0.15, 0.2) is 11.5 Å². The SMILES string of the molecule is Cc1[nH]c2c(-c3c(OCC4CC4)ccc4c3OCO4)ncnc2c1C(=O)N[C@@H]1CCN(C(=O)O)C1C(C)(C)C. The Bertz CT molecular complexity index is 1460. The van der Waals surface area contributed by atoms with Crippen LogP contribution in [-0.2, 0) is 0 Å². The van der Waals surface area contributed by atoms with Crippen molar-refractivity contribution in [2.24, 2.45) is 11.3 Å². The van der Waals surface area contributed by atoms with Crippen LogP contribution in [-0.4, -0.2) is 69.0 Å². The minimum absolute atomic E-state index is 0.101. The van der Waals surface area contributed by atoms with E-state index in [9.17, 15) is 14.7 Å². The van der Waals surface area contributed by atoms with Crippen molar-refractivity contribution in [2.45, 2.75) is 59.0 Å². The number of benzene rings is 1. The number of nitrogens with one attached hydrogen (secondary N) is 2. The molecule has 1 saturated heterocycles. The van der Waals surface area contributed by atoms with Gasteiger partial charge in [-0.15, -0.1) is 0 Å². The Morgan fingerprint density at radius 2 is 2.00 bits per heavy atom. The number of carbonyl (C=O) groups excluding carboxylic acids is 1. The fraction of sp³-hybridized carbons (Fsp3) is 0.500. The van der Waals surface area contributed by atoms with Crippen molar-refractivity contribution in [3.63, 3.8) is 0 Å². The third-order valence-corrected chi connectivity index (χ3v) is 7.76. The first-order valence-electron chi connectivity index (χ1n) is 13.3. The maximum atomic E-state index is 13.7. The molecule has 0 radical (unpaired) electrons. The number of hydrogen-bond donors (Lipinski definition) is 3. The average molecular weight is 536 g/mol. The van der Waals surface area contributed by atoms with Crippen molar-refractivity contribution in [1.82, 2.24) is 25.2 Å². The number of ether oxygens (including phenoxy) is 3. The molecule has 1 saturated carbocycles. The molecule has 2 aliphatic heterocycles. The zero-order chi connectivity index (χ0) is 27.5. The highest BCUT2D eigenvalue weighted by molar-refractivity contribution is 6.09. The van der Waals surface area contributed by atoms with Gasteiger partial charge in [-0.2, -0.15) is 0 Å². The van der Waals surface area contributed by atoms with Gasteiger partial charge in [0, 0.05) is 12.2 Å². The molecule has 1 aliphatic carbocycles. The van der Waals surface area contributed by atoms with E-state index in [4.69, 9.17) is 14.2 Å². The highest BCUT2D eigenvalue weighted by atomic mass is 16.7. The molecule has 0 spiro atoms. The van der Waals surface area contributed by atoms with E-state index in [0.29, 0.717) is 76.3 Å². The summed E-state index contributed by atoms with van der Waals surface area (Å²) in [6.07, 6.45) is 3.31. The van der Waals surface area contributed by atoms with Crippen molar-refractivity contribution >= 4 is 23.0 Å². The van der Waals surface area contributed by atoms with E-state index in [2.05, 4.69) is 20.3 Å². The summed E-state index contributed by atoms with van der Waals surface area (Å²) >= 11 is 0. The first-order chi connectivity index (χ1) is 18.6. The lowest BCUT2D eigenvalue weighted by atomic mass is 9.82. The molecule has 1 unspecified atom stereocenters. The average Bonchev–Trinajstić information content (AvgIpc) is 3.25. The third kappa shape index (κ3) is 4.49. The molecule has 2 aromatic heterocycles. The summed E-state index contributed by atoms with van der Waals surface area (Å²) in [6, 6.07) is 3.01. The van der Waals surface area contributed by atoms with Crippen LogP contribution in [0.25, 0.3) is 22.3 Å². The van der Waals surface area contributed by atoms with Crippen LogP contribution >= 0.6 is 0 Å². The van der Waals surface area contributed by atoms with Crippen molar-refractivity contribution in [3.05, 3.63) is 29.7 Å². The molecule has 11 nitrogen and oxygen atoms in total. The molecular weight excluding hydrogens is 502 g/mol. The van der Waals surface area contributed by atoms with Crippen LogP contribution < -0.4 is 19.5 Å². The van der Waals surface area contributed by atoms with Gasteiger partial charge in [-0.1, -0.05) is 20.8 Å². The normalized spacial score (nSPS) is 20.5. The summed E-state index contributed by atoms with van der Waals surface area (Å²) in [5, 5.41) is 12.8. The van der Waals surface area contributed by atoms with Gasteiger partial charge in [0.05, 0.1) is 35.3 Å². The second kappa shape index (κ2) is 9.32. The Kier molecular flexibility index (Phi) is 6.04. The molecular formula is C28H33N5O6. The zero-order valence-electron chi connectivity index (χ0n) is 22.5. The zero-order valence-corrected chi connectivity index (χ0v) is 22.5. The van der Waals surface area contributed by atoms with Crippen LogP contribution in [0.2, 0.25) is 0 Å². The van der Waals surface area contributed by atoms with E-state index < -0.39 is 6.09 Å². The van der Waals surface area contributed by atoms with Crippen molar-refractivity contribution in [1.29, 1.82) is 0 Å². The number of carboxylic acid groups (broad SMARTS) is 1. The van der Waals surface area contributed by atoms with Gasteiger partial charge in [-0.3, -0.25) is 4.79 Å². The van der Waals surface area contributed by atoms with Gasteiger partial charge < -0.3 is 34.5 Å². The second-order valence-electron chi connectivity index (χ2n) is 11.7. The maximum Gasteiger partial charge on any atom is 0.407 e. The summed E-state index contributed by atoms with van der Waals surface area (Å²) in [6.45, 7) is 8.86. The highest BCUT2D eigenvalue weighted by Crippen LogP contribution is 2.48. The largest absolute Gasteiger partial charge is 0.492 e. The van der Waals surface area contributed by atoms with Crippen LogP contribution in [0.5, 0.6) is 17.2 Å². The van der Waals surface area contributed by atoms with Crippen molar-refractivity contribution < 1.29 is 28.9 Å². The minimum atomic E-state index is -0.978. The minimum Gasteiger partial charge on any atom is -0.492 e. The smallest absolute Gasteiger partial charge is 0.407 e. The molecule has 11 heteroatoms. The van der Waals surface area contributed by atoms with E-state index in [-0.39, 0.29) is 30.2 Å². The summed E-state index contributed by atoms with van der Waals surface area (Å²) in [5.74, 6) is 2.04. The summed E-state index contributed by atoms with van der Waals surface area (Å²) in [5.41, 5.74) is 2.96. The molecule has 0 bridgehead atoms. The lowest BCUT2D eigenvalue weighted by molar-refractivity contribution is 0.0827. The number of amides is 2. The molecule has 2 atom stereocenters. The molecule has 2 fully saturated rings. The predicted molar refractivity (Wildman–Crippen MR) is 142 cm³/mol. The molecule has 1 aromatic carbocycles. The van der Waals surface area contributed by atoms with Crippen molar-refractivity contribution in [2.75, 3.05) is 19.9 Å². The van der Waals surface area contributed by atoms with Gasteiger partial charge in [0.25, 0.3) is 5.91 Å².